The average molecular weight is 445 g/mol. The van der Waals surface area contributed by atoms with Gasteiger partial charge >= 0.3 is 0 Å². The number of aromatic nitrogens is 2. The van der Waals surface area contributed by atoms with E-state index in [0.717, 1.165) is 11.1 Å². The lowest BCUT2D eigenvalue weighted by atomic mass is 10.1. The number of hydrogen-bond donors (Lipinski definition) is 1. The monoisotopic (exact) mass is 444 g/mol. The van der Waals surface area contributed by atoms with Gasteiger partial charge in [-0.2, -0.15) is 4.98 Å². The van der Waals surface area contributed by atoms with Crippen molar-refractivity contribution in [3.8, 4) is 0 Å². The Balaban J connectivity index is 1.71. The summed E-state index contributed by atoms with van der Waals surface area (Å²) >= 11 is 6.03. The van der Waals surface area contributed by atoms with Gasteiger partial charge < -0.3 is 9.88 Å². The van der Waals surface area contributed by atoms with Crippen molar-refractivity contribution in [2.75, 3.05) is 21.9 Å². The van der Waals surface area contributed by atoms with Crippen LogP contribution in [0.4, 0.5) is 17.3 Å². The summed E-state index contributed by atoms with van der Waals surface area (Å²) in [6.45, 7) is 2.83. The maximum absolute atomic E-state index is 12.3. The molecule has 2 aromatic carbocycles. The third kappa shape index (κ3) is 4.20. The zero-order chi connectivity index (χ0) is 21.3. The third-order valence-electron chi connectivity index (χ3n) is 5.00. The molecular formula is C21H21ClN4O3S. The lowest BCUT2D eigenvalue weighted by Gasteiger charge is -2.20. The van der Waals surface area contributed by atoms with Crippen molar-refractivity contribution in [1.29, 1.82) is 0 Å². The van der Waals surface area contributed by atoms with Crippen LogP contribution < -0.4 is 15.2 Å². The number of sulfonamides is 1. The molecule has 30 heavy (non-hydrogen) atoms. The zero-order valence-corrected chi connectivity index (χ0v) is 17.9. The highest BCUT2D eigenvalue weighted by Gasteiger charge is 2.28. The molecule has 0 atom stereocenters. The van der Waals surface area contributed by atoms with Gasteiger partial charge in [0.05, 0.1) is 18.0 Å². The molecule has 1 aliphatic rings. The number of rotatable bonds is 5. The first-order valence-electron chi connectivity index (χ1n) is 9.52. The van der Waals surface area contributed by atoms with Gasteiger partial charge in [0.1, 0.15) is 5.02 Å². The summed E-state index contributed by atoms with van der Waals surface area (Å²) < 4.78 is 27.8. The van der Waals surface area contributed by atoms with Crippen molar-refractivity contribution in [3.05, 3.63) is 81.2 Å². The second-order valence-corrected chi connectivity index (χ2v) is 9.62. The van der Waals surface area contributed by atoms with Crippen LogP contribution in [0.5, 0.6) is 0 Å². The Hall–Kier alpha value is -2.84. The van der Waals surface area contributed by atoms with E-state index < -0.39 is 15.6 Å². The van der Waals surface area contributed by atoms with Crippen molar-refractivity contribution in [3.63, 3.8) is 0 Å². The molecule has 0 radical (unpaired) electrons. The summed E-state index contributed by atoms with van der Waals surface area (Å²) in [5.74, 6) is 0.483. The molecule has 0 bridgehead atoms. The van der Waals surface area contributed by atoms with Crippen molar-refractivity contribution < 1.29 is 8.42 Å². The van der Waals surface area contributed by atoms with Gasteiger partial charge in [-0.25, -0.2) is 8.42 Å². The van der Waals surface area contributed by atoms with E-state index in [2.05, 4.69) is 10.3 Å². The molecule has 0 aliphatic carbocycles. The first-order valence-corrected chi connectivity index (χ1v) is 11.5. The van der Waals surface area contributed by atoms with Gasteiger partial charge in [0.25, 0.3) is 5.56 Å². The summed E-state index contributed by atoms with van der Waals surface area (Å²) in [7, 11) is -3.29. The molecule has 0 unspecified atom stereocenters. The van der Waals surface area contributed by atoms with Crippen molar-refractivity contribution in [2.24, 2.45) is 0 Å². The van der Waals surface area contributed by atoms with E-state index in [-0.39, 0.29) is 10.8 Å². The van der Waals surface area contributed by atoms with E-state index in [1.807, 2.05) is 43.3 Å². The lowest BCUT2D eigenvalue weighted by Crippen LogP contribution is -2.25. The van der Waals surface area contributed by atoms with Crippen LogP contribution in [0, 0.1) is 6.92 Å². The van der Waals surface area contributed by atoms with Crippen LogP contribution in [0.25, 0.3) is 0 Å². The fraction of sp³-hybridized carbons (Fsp3) is 0.238. The molecule has 2 heterocycles. The molecule has 156 valence electrons. The minimum absolute atomic E-state index is 0.0325. The molecule has 1 saturated heterocycles. The third-order valence-corrected chi connectivity index (χ3v) is 7.13. The van der Waals surface area contributed by atoms with Crippen LogP contribution in [-0.2, 0) is 16.6 Å². The summed E-state index contributed by atoms with van der Waals surface area (Å²) in [4.78, 5) is 16.2. The molecule has 0 spiro atoms. The van der Waals surface area contributed by atoms with Crippen LogP contribution in [0.15, 0.2) is 59.5 Å². The molecular weight excluding hydrogens is 424 g/mol. The summed E-state index contributed by atoms with van der Waals surface area (Å²) in [5.41, 5.74) is 2.65. The number of hydrogen-bond acceptors (Lipinski definition) is 5. The minimum Gasteiger partial charge on any atom is -0.325 e. The Morgan fingerprint density at radius 1 is 1.17 bits per heavy atom. The largest absolute Gasteiger partial charge is 0.325 e. The van der Waals surface area contributed by atoms with Gasteiger partial charge in [-0.15, -0.1) is 0 Å². The molecule has 1 N–H and O–H groups in total. The van der Waals surface area contributed by atoms with Crippen molar-refractivity contribution in [1.82, 2.24) is 9.55 Å². The second kappa shape index (κ2) is 8.12. The molecule has 0 saturated carbocycles. The predicted octanol–water partition coefficient (Wildman–Crippen LogP) is 3.54. The van der Waals surface area contributed by atoms with E-state index in [1.54, 1.807) is 22.9 Å². The van der Waals surface area contributed by atoms with Gasteiger partial charge in [0.2, 0.25) is 16.0 Å². The van der Waals surface area contributed by atoms with Gasteiger partial charge in [0.15, 0.2) is 0 Å². The van der Waals surface area contributed by atoms with Crippen LogP contribution in [-0.4, -0.2) is 30.3 Å². The Morgan fingerprint density at radius 3 is 2.63 bits per heavy atom. The van der Waals surface area contributed by atoms with E-state index in [0.29, 0.717) is 36.8 Å². The SMILES string of the molecule is Cc1ccc(N2CCCS2(=O)=O)cc1Nc1nc(=O)c(Cl)cn1Cc1ccccc1. The summed E-state index contributed by atoms with van der Waals surface area (Å²) in [5, 5.41) is 3.22. The van der Waals surface area contributed by atoms with Gasteiger partial charge in [-0.1, -0.05) is 48.0 Å². The number of aryl methyl sites for hydroxylation is 1. The number of nitrogens with one attached hydrogen (secondary N) is 1. The van der Waals surface area contributed by atoms with E-state index in [4.69, 9.17) is 11.6 Å². The quantitative estimate of drug-likeness (QED) is 0.650. The van der Waals surface area contributed by atoms with Crippen molar-refractivity contribution in [2.45, 2.75) is 19.9 Å². The van der Waals surface area contributed by atoms with E-state index in [1.165, 1.54) is 4.31 Å². The fourth-order valence-corrected chi connectivity index (χ4v) is 5.13. The first kappa shape index (κ1) is 20.4. The smallest absolute Gasteiger partial charge is 0.293 e. The summed E-state index contributed by atoms with van der Waals surface area (Å²) in [6.07, 6.45) is 2.16. The molecule has 3 aromatic rings. The first-order chi connectivity index (χ1) is 14.3. The highest BCUT2D eigenvalue weighted by Crippen LogP contribution is 2.30. The second-order valence-electron chi connectivity index (χ2n) is 7.20. The maximum atomic E-state index is 12.3. The Morgan fingerprint density at radius 2 is 1.93 bits per heavy atom. The minimum atomic E-state index is -3.29. The molecule has 0 amide bonds. The molecule has 1 aromatic heterocycles. The van der Waals surface area contributed by atoms with Crippen LogP contribution >= 0.6 is 11.6 Å². The lowest BCUT2D eigenvalue weighted by molar-refractivity contribution is 0.599. The number of nitrogens with zero attached hydrogens (tertiary/aromatic N) is 3. The zero-order valence-electron chi connectivity index (χ0n) is 16.4. The Kier molecular flexibility index (Phi) is 5.53. The highest BCUT2D eigenvalue weighted by atomic mass is 35.5. The predicted molar refractivity (Wildman–Crippen MR) is 119 cm³/mol. The Bertz CT molecular complexity index is 1240. The van der Waals surface area contributed by atoms with Crippen LogP contribution in [0.3, 0.4) is 0 Å². The van der Waals surface area contributed by atoms with Crippen LogP contribution in [0.2, 0.25) is 5.02 Å². The topological polar surface area (TPSA) is 84.3 Å². The average Bonchev–Trinajstić information content (AvgIpc) is 3.07. The number of anilines is 3. The van der Waals surface area contributed by atoms with Gasteiger partial charge in [-0.05, 0) is 36.6 Å². The number of halogens is 1. The summed E-state index contributed by atoms with van der Waals surface area (Å²) in [6, 6.07) is 15.1. The number of benzene rings is 2. The Labute approximate surface area is 180 Å². The van der Waals surface area contributed by atoms with Gasteiger partial charge in [0, 0.05) is 18.4 Å². The molecule has 4 rings (SSSR count). The normalized spacial score (nSPS) is 15.3. The van der Waals surface area contributed by atoms with E-state index in [9.17, 15) is 13.2 Å². The molecule has 1 aliphatic heterocycles. The molecule has 7 nitrogen and oxygen atoms in total. The van der Waals surface area contributed by atoms with Crippen molar-refractivity contribution >= 4 is 38.9 Å². The molecule has 1 fully saturated rings. The van der Waals surface area contributed by atoms with Crippen LogP contribution in [0.1, 0.15) is 17.5 Å². The van der Waals surface area contributed by atoms with Gasteiger partial charge in [-0.3, -0.25) is 9.10 Å². The standard InChI is InChI=1S/C21H21ClN4O3S/c1-15-8-9-17(26-10-5-11-30(26,28)29)12-19(15)23-21-24-20(27)18(22)14-25(21)13-16-6-3-2-4-7-16/h2-4,6-9,12,14H,5,10-11,13H2,1H3,(H,23,24,27). The van der Waals surface area contributed by atoms with E-state index >= 15 is 0 Å². The molecule has 9 heteroatoms. The maximum Gasteiger partial charge on any atom is 0.293 e. The highest BCUT2D eigenvalue weighted by molar-refractivity contribution is 7.93. The fourth-order valence-electron chi connectivity index (χ4n) is 3.42.